The van der Waals surface area contributed by atoms with Crippen molar-refractivity contribution in [2.24, 2.45) is 5.41 Å². The third-order valence-electron chi connectivity index (χ3n) is 8.82. The zero-order valence-corrected chi connectivity index (χ0v) is 24.0. The Bertz CT molecular complexity index is 1560. The van der Waals surface area contributed by atoms with Crippen molar-refractivity contribution in [3.63, 3.8) is 0 Å². The molecular weight excluding hydrogens is 522 g/mol. The molecular formula is C35H37N5O2. The van der Waals surface area contributed by atoms with Crippen LogP contribution in [0.15, 0.2) is 97.2 Å². The first-order chi connectivity index (χ1) is 20.4. The molecule has 2 atom stereocenters. The number of nitrogens with two attached hydrogens (primary N) is 1. The number of nitrogen functional groups attached to an aromatic ring is 1. The quantitative estimate of drug-likeness (QED) is 0.263. The Morgan fingerprint density at radius 3 is 2.38 bits per heavy atom. The molecule has 2 amide bonds. The largest absolute Gasteiger partial charge is 0.397 e. The molecule has 2 fully saturated rings. The molecule has 3 heterocycles. The van der Waals surface area contributed by atoms with E-state index in [2.05, 4.69) is 39.2 Å². The average Bonchev–Trinajstić information content (AvgIpc) is 3.65. The van der Waals surface area contributed by atoms with E-state index in [1.54, 1.807) is 6.20 Å². The molecule has 0 bridgehead atoms. The number of hydrogen-bond donors (Lipinski definition) is 2. The number of likely N-dealkylation sites (tertiary alicyclic amines) is 1. The van der Waals surface area contributed by atoms with Crippen LogP contribution in [0.2, 0.25) is 0 Å². The van der Waals surface area contributed by atoms with Crippen LogP contribution in [0.25, 0.3) is 11.1 Å². The number of amides is 2. The summed E-state index contributed by atoms with van der Waals surface area (Å²) in [6, 6.07) is 29.6. The highest BCUT2D eigenvalue weighted by molar-refractivity contribution is 6.06. The second kappa shape index (κ2) is 11.7. The van der Waals surface area contributed by atoms with Crippen LogP contribution in [0, 0.1) is 5.41 Å². The molecule has 0 saturated carbocycles. The van der Waals surface area contributed by atoms with Crippen molar-refractivity contribution >= 4 is 29.0 Å². The predicted octanol–water partition coefficient (Wildman–Crippen LogP) is 6.21. The molecule has 0 aliphatic carbocycles. The number of benzene rings is 3. The molecule has 6 rings (SSSR count). The van der Waals surface area contributed by atoms with E-state index < -0.39 is 0 Å². The third kappa shape index (κ3) is 5.86. The summed E-state index contributed by atoms with van der Waals surface area (Å²) in [7, 11) is 0. The van der Waals surface area contributed by atoms with Crippen molar-refractivity contribution in [1.29, 1.82) is 0 Å². The van der Waals surface area contributed by atoms with E-state index in [9.17, 15) is 9.59 Å². The van der Waals surface area contributed by atoms with E-state index in [0.29, 0.717) is 23.4 Å². The van der Waals surface area contributed by atoms with Gasteiger partial charge < -0.3 is 20.9 Å². The van der Waals surface area contributed by atoms with Gasteiger partial charge in [-0.15, -0.1) is 0 Å². The maximum Gasteiger partial charge on any atom is 0.257 e. The van der Waals surface area contributed by atoms with Crippen molar-refractivity contribution in [2.75, 3.05) is 42.1 Å². The molecule has 42 heavy (non-hydrogen) atoms. The van der Waals surface area contributed by atoms with Crippen LogP contribution in [0.1, 0.15) is 48.0 Å². The number of rotatable bonds is 7. The van der Waals surface area contributed by atoms with Crippen LogP contribution in [-0.2, 0) is 4.79 Å². The highest BCUT2D eigenvalue weighted by Crippen LogP contribution is 2.41. The third-order valence-corrected chi connectivity index (χ3v) is 8.82. The summed E-state index contributed by atoms with van der Waals surface area (Å²) >= 11 is 0. The Balaban J connectivity index is 1.05. The van der Waals surface area contributed by atoms with Crippen LogP contribution < -0.4 is 16.0 Å². The number of anilines is 3. The normalized spacial score (nSPS) is 18.8. The van der Waals surface area contributed by atoms with Gasteiger partial charge in [0, 0.05) is 44.2 Å². The first kappa shape index (κ1) is 27.5. The van der Waals surface area contributed by atoms with Crippen molar-refractivity contribution < 1.29 is 9.59 Å². The molecule has 7 heteroatoms. The maximum atomic E-state index is 13.1. The van der Waals surface area contributed by atoms with Gasteiger partial charge in [-0.05, 0) is 59.7 Å². The van der Waals surface area contributed by atoms with Crippen molar-refractivity contribution in [3.8, 4) is 11.1 Å². The van der Waals surface area contributed by atoms with Gasteiger partial charge >= 0.3 is 0 Å². The van der Waals surface area contributed by atoms with Gasteiger partial charge in [0.15, 0.2) is 0 Å². The Labute approximate surface area is 247 Å². The van der Waals surface area contributed by atoms with Crippen molar-refractivity contribution in [2.45, 2.75) is 32.1 Å². The number of nitrogens with one attached hydrogen (secondary N) is 1. The molecule has 1 unspecified atom stereocenters. The number of nitrogens with zero attached hydrogens (tertiary/aromatic N) is 3. The first-order valence-electron chi connectivity index (χ1n) is 14.7. The van der Waals surface area contributed by atoms with Gasteiger partial charge in [0.1, 0.15) is 5.82 Å². The lowest BCUT2D eigenvalue weighted by molar-refractivity contribution is -0.130. The molecule has 0 radical (unpaired) electrons. The molecule has 2 saturated heterocycles. The fourth-order valence-corrected chi connectivity index (χ4v) is 6.28. The van der Waals surface area contributed by atoms with Crippen LogP contribution in [-0.4, -0.2) is 47.9 Å². The highest BCUT2D eigenvalue weighted by Gasteiger charge is 2.45. The van der Waals surface area contributed by atoms with Gasteiger partial charge in [0.2, 0.25) is 5.91 Å². The Morgan fingerprint density at radius 1 is 0.905 bits per heavy atom. The molecule has 3 N–H and O–H groups in total. The molecule has 3 aromatic carbocycles. The lowest BCUT2D eigenvalue weighted by Gasteiger charge is -2.25. The molecule has 2 aliphatic rings. The summed E-state index contributed by atoms with van der Waals surface area (Å²) in [5.74, 6) is 1.06. The van der Waals surface area contributed by atoms with Gasteiger partial charge in [-0.25, -0.2) is 4.98 Å². The van der Waals surface area contributed by atoms with Gasteiger partial charge in [-0.1, -0.05) is 73.7 Å². The van der Waals surface area contributed by atoms with Crippen molar-refractivity contribution in [3.05, 3.63) is 108 Å². The fourth-order valence-electron chi connectivity index (χ4n) is 6.28. The van der Waals surface area contributed by atoms with E-state index in [1.807, 2.05) is 78.9 Å². The molecule has 1 aromatic heterocycles. The molecule has 2 aliphatic heterocycles. The Kier molecular flexibility index (Phi) is 7.66. The van der Waals surface area contributed by atoms with E-state index in [-0.39, 0.29) is 23.1 Å². The Morgan fingerprint density at radius 2 is 1.64 bits per heavy atom. The average molecular weight is 560 g/mol. The summed E-state index contributed by atoms with van der Waals surface area (Å²) < 4.78 is 0. The summed E-state index contributed by atoms with van der Waals surface area (Å²) in [5.41, 5.74) is 11.1. The summed E-state index contributed by atoms with van der Waals surface area (Å²) in [6.45, 7) is 5.50. The molecule has 4 aromatic rings. The standard InChI is InChI=1S/C35H37N5O2/c1-25(26-8-4-2-5-9-26)20-33(41)40-19-17-35(24-40)16-18-39(23-35)32-15-13-29(22-37-32)34(42)38-31-21-28(12-14-30(31)36)27-10-6-3-7-11-27/h2-15,21-22,25H,16-20,23-24,36H2,1H3,(H,38,42)/t25-,35?/m1/s1. The van der Waals surface area contributed by atoms with E-state index in [4.69, 9.17) is 5.73 Å². The molecule has 1 spiro atoms. The van der Waals surface area contributed by atoms with Crippen molar-refractivity contribution in [1.82, 2.24) is 9.88 Å². The van der Waals surface area contributed by atoms with Gasteiger partial charge in [-0.3, -0.25) is 9.59 Å². The maximum absolute atomic E-state index is 13.1. The summed E-state index contributed by atoms with van der Waals surface area (Å²) in [5, 5.41) is 2.95. The zero-order valence-electron chi connectivity index (χ0n) is 24.0. The lowest BCUT2D eigenvalue weighted by atomic mass is 9.86. The zero-order chi connectivity index (χ0) is 29.1. The monoisotopic (exact) mass is 559 g/mol. The van der Waals surface area contributed by atoms with Crippen LogP contribution in [0.3, 0.4) is 0 Å². The van der Waals surface area contributed by atoms with E-state index in [1.165, 1.54) is 5.56 Å². The number of carbonyl (C=O) groups is 2. The molecule has 214 valence electrons. The lowest BCUT2D eigenvalue weighted by Crippen LogP contribution is -2.34. The second-order valence-electron chi connectivity index (χ2n) is 11.8. The minimum Gasteiger partial charge on any atom is -0.397 e. The predicted molar refractivity (Wildman–Crippen MR) is 168 cm³/mol. The highest BCUT2D eigenvalue weighted by atomic mass is 16.2. The topological polar surface area (TPSA) is 91.6 Å². The van der Waals surface area contributed by atoms with Crippen LogP contribution in [0.4, 0.5) is 17.2 Å². The first-order valence-corrected chi connectivity index (χ1v) is 14.7. The van der Waals surface area contributed by atoms with Gasteiger partial charge in [0.05, 0.1) is 16.9 Å². The van der Waals surface area contributed by atoms with Crippen LogP contribution in [0.5, 0.6) is 0 Å². The minimum atomic E-state index is -0.251. The number of hydrogen-bond acceptors (Lipinski definition) is 5. The fraction of sp³-hybridized carbons (Fsp3) is 0.286. The van der Waals surface area contributed by atoms with E-state index in [0.717, 1.165) is 56.0 Å². The SMILES string of the molecule is C[C@H](CC(=O)N1CCC2(CCN(c3ccc(C(=O)Nc4cc(-c5ccccc5)ccc4N)cn3)C2)C1)c1ccccc1. The smallest absolute Gasteiger partial charge is 0.257 e. The second-order valence-corrected chi connectivity index (χ2v) is 11.8. The number of pyridine rings is 1. The molecule has 7 nitrogen and oxygen atoms in total. The Hall–Kier alpha value is -4.65. The minimum absolute atomic E-state index is 0.102. The number of aromatic nitrogens is 1. The van der Waals surface area contributed by atoms with Gasteiger partial charge in [-0.2, -0.15) is 0 Å². The summed E-state index contributed by atoms with van der Waals surface area (Å²) in [6.07, 6.45) is 4.21. The van der Waals surface area contributed by atoms with E-state index >= 15 is 0 Å². The van der Waals surface area contributed by atoms with Crippen LogP contribution >= 0.6 is 0 Å². The summed E-state index contributed by atoms with van der Waals surface area (Å²) in [4.78, 5) is 35.2. The number of carbonyl (C=O) groups excluding carboxylic acids is 2. The van der Waals surface area contributed by atoms with Gasteiger partial charge in [0.25, 0.3) is 5.91 Å².